The van der Waals surface area contributed by atoms with E-state index in [-0.39, 0.29) is 5.75 Å². The fraction of sp³-hybridized carbons (Fsp3) is 0.308. The van der Waals surface area contributed by atoms with Crippen LogP contribution in [0.5, 0.6) is 5.75 Å². The van der Waals surface area contributed by atoms with Crippen molar-refractivity contribution in [2.75, 3.05) is 0 Å². The highest BCUT2D eigenvalue weighted by atomic mass is 19.3. The molecule has 0 radical (unpaired) electrons. The molecule has 102 valence electrons. The minimum Gasteiger partial charge on any atom is -0.434 e. The number of para-hydroxylation sites is 1. The number of rotatable bonds is 6. The summed E-state index contributed by atoms with van der Waals surface area (Å²) in [5, 5.41) is 7.22. The third-order valence-corrected chi connectivity index (χ3v) is 2.59. The van der Waals surface area contributed by atoms with Crippen molar-refractivity contribution in [1.29, 1.82) is 0 Å². The summed E-state index contributed by atoms with van der Waals surface area (Å²) < 4.78 is 30.6. The lowest BCUT2D eigenvalue weighted by molar-refractivity contribution is -0.0505. The molecule has 0 fully saturated rings. The standard InChI is InChI=1S/C13H15F2N3O/c1-18-9-10(7-17-18)6-16-8-11-4-2-3-5-12(11)19-13(14)15/h2-5,7,9,13,16H,6,8H2,1H3. The fourth-order valence-corrected chi connectivity index (χ4v) is 1.77. The van der Waals surface area contributed by atoms with Gasteiger partial charge in [0.1, 0.15) is 5.75 Å². The molecule has 2 rings (SSSR count). The summed E-state index contributed by atoms with van der Waals surface area (Å²) in [5.74, 6) is 0.205. The predicted octanol–water partition coefficient (Wildman–Crippen LogP) is 2.31. The second-order valence-corrected chi connectivity index (χ2v) is 4.11. The number of hydrogen-bond acceptors (Lipinski definition) is 3. The van der Waals surface area contributed by atoms with E-state index in [1.165, 1.54) is 6.07 Å². The molecule has 1 aromatic heterocycles. The molecule has 0 aliphatic rings. The molecular weight excluding hydrogens is 252 g/mol. The maximum atomic E-state index is 12.2. The van der Waals surface area contributed by atoms with E-state index in [1.54, 1.807) is 29.1 Å². The Morgan fingerprint density at radius 3 is 2.79 bits per heavy atom. The lowest BCUT2D eigenvalue weighted by Gasteiger charge is -2.10. The Hall–Kier alpha value is -1.95. The van der Waals surface area contributed by atoms with Gasteiger partial charge in [-0.2, -0.15) is 13.9 Å². The third-order valence-electron chi connectivity index (χ3n) is 2.59. The number of benzene rings is 1. The number of hydrogen-bond donors (Lipinski definition) is 1. The Morgan fingerprint density at radius 1 is 1.32 bits per heavy atom. The molecule has 0 aliphatic carbocycles. The van der Waals surface area contributed by atoms with Crippen LogP contribution in [0.1, 0.15) is 11.1 Å². The summed E-state index contributed by atoms with van der Waals surface area (Å²) in [6.45, 7) is -1.73. The van der Waals surface area contributed by atoms with Crippen molar-refractivity contribution in [2.45, 2.75) is 19.7 Å². The van der Waals surface area contributed by atoms with E-state index in [2.05, 4.69) is 15.2 Å². The molecule has 0 aliphatic heterocycles. The zero-order chi connectivity index (χ0) is 13.7. The van der Waals surface area contributed by atoms with Gasteiger partial charge in [0.2, 0.25) is 0 Å². The second kappa shape index (κ2) is 6.29. The SMILES string of the molecule is Cn1cc(CNCc2ccccc2OC(F)F)cn1. The fourth-order valence-electron chi connectivity index (χ4n) is 1.77. The first-order valence-electron chi connectivity index (χ1n) is 5.86. The van der Waals surface area contributed by atoms with Gasteiger partial charge in [-0.25, -0.2) is 0 Å². The van der Waals surface area contributed by atoms with Crippen molar-refractivity contribution in [1.82, 2.24) is 15.1 Å². The first kappa shape index (κ1) is 13.5. The molecule has 4 nitrogen and oxygen atoms in total. The first-order chi connectivity index (χ1) is 9.15. The molecule has 2 aromatic rings. The maximum absolute atomic E-state index is 12.2. The molecule has 0 amide bonds. The van der Waals surface area contributed by atoms with Gasteiger partial charge >= 0.3 is 6.61 Å². The maximum Gasteiger partial charge on any atom is 0.387 e. The molecule has 0 unspecified atom stereocenters. The highest BCUT2D eigenvalue weighted by Gasteiger charge is 2.08. The van der Waals surface area contributed by atoms with Crippen LogP contribution >= 0.6 is 0 Å². The van der Waals surface area contributed by atoms with Gasteiger partial charge < -0.3 is 10.1 Å². The van der Waals surface area contributed by atoms with E-state index in [0.29, 0.717) is 18.7 Å². The van der Waals surface area contributed by atoms with E-state index in [1.807, 2.05) is 13.2 Å². The van der Waals surface area contributed by atoms with Crippen molar-refractivity contribution in [3.8, 4) is 5.75 Å². The van der Waals surface area contributed by atoms with Crippen LogP contribution in [0.25, 0.3) is 0 Å². The Bertz CT molecular complexity index is 528. The van der Waals surface area contributed by atoms with E-state index < -0.39 is 6.61 Å². The minimum atomic E-state index is -2.81. The third kappa shape index (κ3) is 4.03. The normalized spacial score (nSPS) is 10.9. The molecule has 1 N–H and O–H groups in total. The Morgan fingerprint density at radius 2 is 2.11 bits per heavy atom. The van der Waals surface area contributed by atoms with Crippen LogP contribution in [-0.4, -0.2) is 16.4 Å². The minimum absolute atomic E-state index is 0.205. The lowest BCUT2D eigenvalue weighted by atomic mass is 10.2. The Kier molecular flexibility index (Phi) is 4.46. The smallest absolute Gasteiger partial charge is 0.387 e. The van der Waals surface area contributed by atoms with Crippen LogP contribution in [-0.2, 0) is 20.1 Å². The van der Waals surface area contributed by atoms with Crippen LogP contribution in [0.4, 0.5) is 8.78 Å². The Balaban J connectivity index is 1.92. The molecule has 1 aromatic carbocycles. The summed E-state index contributed by atoms with van der Waals surface area (Å²) in [4.78, 5) is 0. The van der Waals surface area contributed by atoms with Crippen molar-refractivity contribution < 1.29 is 13.5 Å². The summed E-state index contributed by atoms with van der Waals surface area (Å²) in [6, 6.07) is 6.75. The molecule has 6 heteroatoms. The van der Waals surface area contributed by atoms with Gasteiger partial charge in [-0.15, -0.1) is 0 Å². The number of aryl methyl sites for hydroxylation is 1. The van der Waals surface area contributed by atoms with Crippen molar-refractivity contribution in [2.24, 2.45) is 7.05 Å². The number of halogens is 2. The number of ether oxygens (including phenoxy) is 1. The quantitative estimate of drug-likeness (QED) is 0.873. The lowest BCUT2D eigenvalue weighted by Crippen LogP contribution is -2.14. The highest BCUT2D eigenvalue weighted by molar-refractivity contribution is 5.33. The van der Waals surface area contributed by atoms with Gasteiger partial charge in [0.05, 0.1) is 6.20 Å². The molecule has 0 spiro atoms. The zero-order valence-corrected chi connectivity index (χ0v) is 10.5. The van der Waals surface area contributed by atoms with Crippen LogP contribution in [0.3, 0.4) is 0 Å². The summed E-state index contributed by atoms with van der Waals surface area (Å²) >= 11 is 0. The van der Waals surface area contributed by atoms with Gasteiger partial charge in [0.25, 0.3) is 0 Å². The predicted molar refractivity (Wildman–Crippen MR) is 66.8 cm³/mol. The first-order valence-corrected chi connectivity index (χ1v) is 5.86. The number of aromatic nitrogens is 2. The van der Waals surface area contributed by atoms with Crippen molar-refractivity contribution in [3.05, 3.63) is 47.8 Å². The molecule has 19 heavy (non-hydrogen) atoms. The molecule has 0 atom stereocenters. The van der Waals surface area contributed by atoms with Gasteiger partial charge in [0, 0.05) is 37.5 Å². The van der Waals surface area contributed by atoms with Gasteiger partial charge in [0.15, 0.2) is 0 Å². The number of nitrogens with zero attached hydrogens (tertiary/aromatic N) is 2. The molecule has 0 bridgehead atoms. The summed E-state index contributed by atoms with van der Waals surface area (Å²) in [6.07, 6.45) is 3.66. The van der Waals surface area contributed by atoms with E-state index in [9.17, 15) is 8.78 Å². The summed E-state index contributed by atoms with van der Waals surface area (Å²) in [7, 11) is 1.84. The second-order valence-electron chi connectivity index (χ2n) is 4.11. The molecule has 0 saturated carbocycles. The molecular formula is C13H15F2N3O. The topological polar surface area (TPSA) is 39.1 Å². The van der Waals surface area contributed by atoms with Crippen LogP contribution in [0.15, 0.2) is 36.7 Å². The van der Waals surface area contributed by atoms with Gasteiger partial charge in [-0.1, -0.05) is 18.2 Å². The van der Waals surface area contributed by atoms with Crippen molar-refractivity contribution in [3.63, 3.8) is 0 Å². The average molecular weight is 267 g/mol. The van der Waals surface area contributed by atoms with E-state index in [4.69, 9.17) is 0 Å². The Labute approximate surface area is 110 Å². The largest absolute Gasteiger partial charge is 0.434 e. The van der Waals surface area contributed by atoms with E-state index >= 15 is 0 Å². The van der Waals surface area contributed by atoms with Gasteiger partial charge in [-0.05, 0) is 6.07 Å². The summed E-state index contributed by atoms with van der Waals surface area (Å²) in [5.41, 5.74) is 1.74. The number of alkyl halides is 2. The number of nitrogens with one attached hydrogen (secondary N) is 1. The monoisotopic (exact) mass is 267 g/mol. The van der Waals surface area contributed by atoms with Crippen molar-refractivity contribution >= 4 is 0 Å². The average Bonchev–Trinajstić information content (AvgIpc) is 2.77. The molecule has 1 heterocycles. The van der Waals surface area contributed by atoms with Crippen LogP contribution < -0.4 is 10.1 Å². The van der Waals surface area contributed by atoms with Gasteiger partial charge in [-0.3, -0.25) is 4.68 Å². The zero-order valence-electron chi connectivity index (χ0n) is 10.5. The van der Waals surface area contributed by atoms with E-state index in [0.717, 1.165) is 5.56 Å². The molecule has 0 saturated heterocycles. The van der Waals surface area contributed by atoms with Crippen LogP contribution in [0.2, 0.25) is 0 Å². The van der Waals surface area contributed by atoms with Crippen LogP contribution in [0, 0.1) is 0 Å². The highest BCUT2D eigenvalue weighted by Crippen LogP contribution is 2.19.